The molecule has 0 unspecified atom stereocenters. The van der Waals surface area contributed by atoms with Crippen molar-refractivity contribution in [1.82, 2.24) is 0 Å². The molecule has 194 valence electrons. The fourth-order valence-electron chi connectivity index (χ4n) is 5.58. The number of hydrogen-bond donors (Lipinski definition) is 0. The maximum absolute atomic E-state index is 13.2. The van der Waals surface area contributed by atoms with Gasteiger partial charge in [0.1, 0.15) is 5.75 Å². The Labute approximate surface area is 232 Å². The number of esters is 1. The maximum atomic E-state index is 13.2. The maximum Gasteiger partial charge on any atom is 0.316 e. The first-order chi connectivity index (χ1) is 17.5. The van der Waals surface area contributed by atoms with Gasteiger partial charge in [0.25, 0.3) is 0 Å². The van der Waals surface area contributed by atoms with Crippen molar-refractivity contribution >= 4 is 66.9 Å². The summed E-state index contributed by atoms with van der Waals surface area (Å²) >= 11 is 7.23. The minimum atomic E-state index is -0.577. The van der Waals surface area contributed by atoms with Gasteiger partial charge in [-0.3, -0.25) is 19.2 Å². The van der Waals surface area contributed by atoms with Crippen LogP contribution in [-0.4, -0.2) is 39.9 Å². The van der Waals surface area contributed by atoms with Crippen LogP contribution in [0.1, 0.15) is 36.0 Å². The molecule has 0 N–H and O–H groups in total. The second-order valence-corrected chi connectivity index (χ2v) is 12.6. The van der Waals surface area contributed by atoms with Crippen LogP contribution in [0, 0.1) is 38.5 Å². The lowest BCUT2D eigenvalue weighted by Gasteiger charge is -2.29. The van der Waals surface area contributed by atoms with Crippen molar-refractivity contribution in [3.63, 3.8) is 0 Å². The number of hydrogen-bond acceptors (Lipinski definition) is 5. The number of alkyl halides is 2. The first kappa shape index (κ1) is 26.1. The highest BCUT2D eigenvalue weighted by Gasteiger charge is 2.52. The van der Waals surface area contributed by atoms with Gasteiger partial charge in [-0.15, -0.1) is 0 Å². The van der Waals surface area contributed by atoms with E-state index in [1.165, 1.54) is 4.90 Å². The van der Waals surface area contributed by atoms with Crippen LogP contribution in [0.2, 0.25) is 0 Å². The largest absolute Gasteiger partial charge is 0.426 e. The fourth-order valence-corrected chi connectivity index (χ4v) is 6.82. The number of nitrogens with zero attached hydrogens (tertiary/aromatic N) is 2. The van der Waals surface area contributed by atoms with E-state index >= 15 is 0 Å². The van der Waals surface area contributed by atoms with E-state index in [1.807, 2.05) is 32.0 Å². The number of amides is 3. The molecule has 5 atom stereocenters. The van der Waals surface area contributed by atoms with Gasteiger partial charge in [0.2, 0.25) is 17.7 Å². The Morgan fingerprint density at radius 1 is 0.865 bits per heavy atom. The molecule has 3 fully saturated rings. The molecule has 37 heavy (non-hydrogen) atoms. The number of ether oxygens (including phenoxy) is 1. The van der Waals surface area contributed by atoms with E-state index in [0.29, 0.717) is 29.8 Å². The van der Waals surface area contributed by atoms with Gasteiger partial charge in [0, 0.05) is 28.3 Å². The van der Waals surface area contributed by atoms with Crippen LogP contribution in [0.15, 0.2) is 36.4 Å². The first-order valence-corrected chi connectivity index (χ1v) is 14.2. The van der Waals surface area contributed by atoms with Crippen molar-refractivity contribution in [2.45, 2.75) is 49.7 Å². The SMILES string of the molecule is Cc1ccc(C)c(N2C[C@H](C(=O)Oc3ccc(N4C(=O)[C@H]5C[C@H](Br)[C@@H](Br)C[C@H]5C4=O)c(C)c3)CC2=O)c1. The summed E-state index contributed by atoms with van der Waals surface area (Å²) in [5.41, 5.74) is 4.01. The van der Waals surface area contributed by atoms with Crippen molar-refractivity contribution in [2.24, 2.45) is 17.8 Å². The third kappa shape index (κ3) is 4.76. The van der Waals surface area contributed by atoms with E-state index in [4.69, 9.17) is 4.74 Å². The van der Waals surface area contributed by atoms with Gasteiger partial charge in [-0.25, -0.2) is 4.90 Å². The highest BCUT2D eigenvalue weighted by molar-refractivity contribution is 9.12. The van der Waals surface area contributed by atoms with Crippen LogP contribution >= 0.6 is 31.9 Å². The van der Waals surface area contributed by atoms with Gasteiger partial charge < -0.3 is 9.64 Å². The summed E-state index contributed by atoms with van der Waals surface area (Å²) < 4.78 is 5.64. The molecule has 1 saturated carbocycles. The van der Waals surface area contributed by atoms with E-state index in [0.717, 1.165) is 16.8 Å². The van der Waals surface area contributed by atoms with Gasteiger partial charge in [0.15, 0.2) is 0 Å². The standard InChI is InChI=1S/C28H28Br2N2O5/c1-14-4-5-15(2)24(8-14)31-13-17(10-25(31)33)28(36)37-18-6-7-23(16(3)9-18)32-26(34)19-11-21(29)22(30)12-20(19)27(32)35/h4-9,17,19-22H,10-13H2,1-3H3/t17-,19-,20+,21+,22+/m1/s1. The molecule has 1 aliphatic carbocycles. The molecule has 2 aromatic carbocycles. The van der Waals surface area contributed by atoms with E-state index in [9.17, 15) is 19.2 Å². The summed E-state index contributed by atoms with van der Waals surface area (Å²) in [5.74, 6) is -1.85. The molecular formula is C28H28Br2N2O5. The molecule has 0 radical (unpaired) electrons. The molecule has 3 aliphatic rings. The molecule has 5 rings (SSSR count). The molecule has 0 aromatic heterocycles. The Morgan fingerprint density at radius 2 is 1.51 bits per heavy atom. The number of aryl methyl sites for hydroxylation is 3. The van der Waals surface area contributed by atoms with Crippen molar-refractivity contribution in [3.8, 4) is 5.75 Å². The lowest BCUT2D eigenvalue weighted by atomic mass is 9.81. The average molecular weight is 632 g/mol. The predicted octanol–water partition coefficient (Wildman–Crippen LogP) is 5.00. The molecule has 7 nitrogen and oxygen atoms in total. The van der Waals surface area contributed by atoms with Crippen LogP contribution in [0.4, 0.5) is 11.4 Å². The normalized spacial score (nSPS) is 27.6. The molecule has 2 saturated heterocycles. The molecule has 0 spiro atoms. The van der Waals surface area contributed by atoms with E-state index in [-0.39, 0.29) is 52.2 Å². The van der Waals surface area contributed by atoms with Crippen LogP contribution < -0.4 is 14.5 Å². The van der Waals surface area contributed by atoms with Crippen molar-refractivity contribution in [1.29, 1.82) is 0 Å². The van der Waals surface area contributed by atoms with E-state index < -0.39 is 11.9 Å². The third-order valence-corrected chi connectivity index (χ3v) is 10.4. The smallest absolute Gasteiger partial charge is 0.316 e. The quantitative estimate of drug-likeness (QED) is 0.205. The summed E-state index contributed by atoms with van der Waals surface area (Å²) in [5, 5.41) is 0. The van der Waals surface area contributed by atoms with E-state index in [2.05, 4.69) is 31.9 Å². The molecule has 3 amide bonds. The molecule has 0 bridgehead atoms. The van der Waals surface area contributed by atoms with Gasteiger partial charge >= 0.3 is 5.97 Å². The first-order valence-electron chi connectivity index (χ1n) is 12.4. The minimum Gasteiger partial charge on any atom is -0.426 e. The van der Waals surface area contributed by atoms with Crippen molar-refractivity contribution in [2.75, 3.05) is 16.3 Å². The van der Waals surface area contributed by atoms with Crippen molar-refractivity contribution < 1.29 is 23.9 Å². The average Bonchev–Trinajstić information content (AvgIpc) is 3.34. The van der Waals surface area contributed by atoms with Crippen molar-refractivity contribution in [3.05, 3.63) is 53.1 Å². The van der Waals surface area contributed by atoms with Gasteiger partial charge in [0.05, 0.1) is 23.4 Å². The lowest BCUT2D eigenvalue weighted by molar-refractivity contribution is -0.139. The number of carbonyl (C=O) groups excluding carboxylic acids is 4. The highest BCUT2D eigenvalue weighted by Crippen LogP contribution is 2.45. The van der Waals surface area contributed by atoms with Crippen LogP contribution in [0.5, 0.6) is 5.75 Å². The Bertz CT molecular complexity index is 1280. The summed E-state index contributed by atoms with van der Waals surface area (Å²) in [7, 11) is 0. The van der Waals surface area contributed by atoms with Gasteiger partial charge in [-0.1, -0.05) is 44.0 Å². The lowest BCUT2D eigenvalue weighted by Crippen LogP contribution is -2.34. The number of fused-ring (bicyclic) bond motifs is 1. The minimum absolute atomic E-state index is 0.0893. The number of halogens is 2. The topological polar surface area (TPSA) is 84.0 Å². The Kier molecular flexibility index (Phi) is 7.04. The van der Waals surface area contributed by atoms with Gasteiger partial charge in [-0.05, 0) is 74.6 Å². The zero-order chi connectivity index (χ0) is 26.6. The summed E-state index contributed by atoms with van der Waals surface area (Å²) in [6.07, 6.45) is 1.30. The van der Waals surface area contributed by atoms with Crippen LogP contribution in [0.25, 0.3) is 0 Å². The predicted molar refractivity (Wildman–Crippen MR) is 147 cm³/mol. The molecule has 2 aromatic rings. The zero-order valence-electron chi connectivity index (χ0n) is 20.9. The molecular weight excluding hydrogens is 604 g/mol. The zero-order valence-corrected chi connectivity index (χ0v) is 24.0. The van der Waals surface area contributed by atoms with Crippen LogP contribution in [-0.2, 0) is 19.2 Å². The monoisotopic (exact) mass is 630 g/mol. The second-order valence-electron chi connectivity index (χ2n) is 10.3. The fraction of sp³-hybridized carbons (Fsp3) is 0.429. The third-order valence-electron chi connectivity index (χ3n) is 7.65. The molecule has 2 heterocycles. The number of imide groups is 1. The highest BCUT2D eigenvalue weighted by atomic mass is 79.9. The van der Waals surface area contributed by atoms with Gasteiger partial charge in [-0.2, -0.15) is 0 Å². The Balaban J connectivity index is 1.29. The Hall–Kier alpha value is -2.52. The van der Waals surface area contributed by atoms with E-state index in [1.54, 1.807) is 30.0 Å². The summed E-state index contributed by atoms with van der Waals surface area (Å²) in [6, 6.07) is 10.8. The summed E-state index contributed by atoms with van der Waals surface area (Å²) in [4.78, 5) is 55.2. The number of anilines is 2. The molecule has 9 heteroatoms. The molecule has 2 aliphatic heterocycles. The van der Waals surface area contributed by atoms with Crippen LogP contribution in [0.3, 0.4) is 0 Å². The number of carbonyl (C=O) groups is 4. The summed E-state index contributed by atoms with van der Waals surface area (Å²) in [6.45, 7) is 5.97. The number of benzene rings is 2. The second kappa shape index (κ2) is 9.98. The number of rotatable bonds is 4. The Morgan fingerprint density at radius 3 is 2.14 bits per heavy atom.